The van der Waals surface area contributed by atoms with Crippen molar-refractivity contribution in [3.8, 4) is 0 Å². The van der Waals surface area contributed by atoms with Crippen LogP contribution in [0.15, 0.2) is 41.4 Å². The van der Waals surface area contributed by atoms with Gasteiger partial charge in [-0.2, -0.15) is 0 Å². The molecule has 0 bridgehead atoms. The number of hydrogen-bond donors (Lipinski definition) is 1. The second kappa shape index (κ2) is 6.96. The summed E-state index contributed by atoms with van der Waals surface area (Å²) in [5.74, 6) is -2.65. The number of carboxylic acids is 1. The lowest BCUT2D eigenvalue weighted by Gasteiger charge is -2.14. The Bertz CT molecular complexity index is 927. The Morgan fingerprint density at radius 1 is 1.17 bits per heavy atom. The monoisotopic (exact) mass is 441 g/mol. The zero-order valence-electron chi connectivity index (χ0n) is 12.6. The number of fused-ring (bicyclic) bond motifs is 1. The van der Waals surface area contributed by atoms with Gasteiger partial charge in [0.25, 0.3) is 0 Å². The van der Waals surface area contributed by atoms with E-state index in [2.05, 4.69) is 27.6 Å². The Hall–Kier alpha value is -1.83. The fraction of sp³-hybridized carbons (Fsp3) is 0.222. The molecule has 124 valence electrons. The van der Waals surface area contributed by atoms with Crippen molar-refractivity contribution in [1.82, 2.24) is 0 Å². The molecule has 0 radical (unpaired) electrons. The third-order valence-corrected chi connectivity index (χ3v) is 4.67. The van der Waals surface area contributed by atoms with Gasteiger partial charge < -0.3 is 5.11 Å². The Balaban J connectivity index is 2.05. The number of hydrogen-bond acceptors (Lipinski definition) is 2. The third-order valence-electron chi connectivity index (χ3n) is 4.00. The van der Waals surface area contributed by atoms with E-state index in [0.29, 0.717) is 18.4 Å². The number of rotatable bonds is 5. The van der Waals surface area contributed by atoms with Crippen LogP contribution >= 0.6 is 22.6 Å². The molecule has 6 heteroatoms. The lowest BCUT2D eigenvalue weighted by Crippen LogP contribution is -2.23. The number of carboxylic acid groups (broad SMARTS) is 1. The maximum absolute atomic E-state index is 13.6. The molecule has 0 fully saturated rings. The topological polar surface area (TPSA) is 49.7 Å². The molecule has 1 N–H and O–H groups in total. The van der Waals surface area contributed by atoms with Gasteiger partial charge in [0.05, 0.1) is 11.4 Å². The lowest BCUT2D eigenvalue weighted by atomic mass is 9.94. The van der Waals surface area contributed by atoms with Gasteiger partial charge in [0.1, 0.15) is 0 Å². The average Bonchev–Trinajstić information content (AvgIpc) is 2.88. The van der Waals surface area contributed by atoms with Crippen molar-refractivity contribution in [2.75, 3.05) is 0 Å². The fourth-order valence-electron chi connectivity index (χ4n) is 2.90. The van der Waals surface area contributed by atoms with Gasteiger partial charge in [-0.25, -0.2) is 8.78 Å². The van der Waals surface area contributed by atoms with Crippen LogP contribution in [0.1, 0.15) is 30.9 Å². The smallest absolute Gasteiger partial charge is 0.303 e. The van der Waals surface area contributed by atoms with Crippen molar-refractivity contribution in [2.45, 2.75) is 25.3 Å². The van der Waals surface area contributed by atoms with Gasteiger partial charge >= 0.3 is 5.97 Å². The quantitative estimate of drug-likeness (QED) is 0.724. The maximum Gasteiger partial charge on any atom is 0.303 e. The summed E-state index contributed by atoms with van der Waals surface area (Å²) in [6.45, 7) is 0. The molecule has 24 heavy (non-hydrogen) atoms. The highest BCUT2D eigenvalue weighted by Gasteiger charge is 2.22. The summed E-state index contributed by atoms with van der Waals surface area (Å²) >= 11 is 2.20. The van der Waals surface area contributed by atoms with Crippen LogP contribution in [0.3, 0.4) is 0 Å². The third kappa shape index (κ3) is 3.48. The molecule has 1 atom stereocenters. The van der Waals surface area contributed by atoms with Crippen LogP contribution in [0.4, 0.5) is 8.78 Å². The molecule has 0 aliphatic carbocycles. The van der Waals surface area contributed by atoms with E-state index in [4.69, 9.17) is 5.11 Å². The summed E-state index contributed by atoms with van der Waals surface area (Å²) in [5.41, 5.74) is 1.53. The van der Waals surface area contributed by atoms with Gasteiger partial charge in [-0.3, -0.25) is 9.79 Å². The lowest BCUT2D eigenvalue weighted by molar-refractivity contribution is -0.137. The van der Waals surface area contributed by atoms with E-state index in [0.717, 1.165) is 31.9 Å². The molecule has 0 spiro atoms. The summed E-state index contributed by atoms with van der Waals surface area (Å²) in [7, 11) is 0. The molecule has 1 heterocycles. The van der Waals surface area contributed by atoms with Gasteiger partial charge in [-0.1, -0.05) is 6.07 Å². The molecule has 0 saturated carbocycles. The zero-order chi connectivity index (χ0) is 17.3. The number of carbonyl (C=O) groups is 1. The minimum absolute atomic E-state index is 0.0628. The molecule has 0 aromatic heterocycles. The average molecular weight is 441 g/mol. The normalized spacial score (nSPS) is 16.0. The second-order valence-electron chi connectivity index (χ2n) is 5.64. The minimum atomic E-state index is -0.905. The first-order chi connectivity index (χ1) is 11.5. The van der Waals surface area contributed by atoms with Crippen LogP contribution in [0.25, 0.3) is 5.57 Å². The molecule has 0 amide bonds. The standard InChI is InChI=1S/C18H14F2INO2/c19-14-6-4-10(8-15(14)20)18-12(2-1-3-17(23)24)13-9-11(21)5-7-16(13)22-18/h4-9,18H,1-3H2,(H,23,24). The Morgan fingerprint density at radius 3 is 2.67 bits per heavy atom. The maximum atomic E-state index is 13.6. The molecule has 1 unspecified atom stereocenters. The van der Waals surface area contributed by atoms with E-state index < -0.39 is 23.6 Å². The van der Waals surface area contributed by atoms with Crippen molar-refractivity contribution >= 4 is 34.1 Å². The summed E-state index contributed by atoms with van der Waals surface area (Å²) in [5, 5.41) is 10.6. The molecule has 2 aromatic carbocycles. The molecule has 1 aliphatic rings. The van der Waals surface area contributed by atoms with Gasteiger partial charge in [-0.15, -0.1) is 0 Å². The molecular weight excluding hydrogens is 427 g/mol. The summed E-state index contributed by atoms with van der Waals surface area (Å²) < 4.78 is 27.9. The summed E-state index contributed by atoms with van der Waals surface area (Å²) in [6.07, 6.45) is 1.09. The first-order valence-corrected chi connectivity index (χ1v) is 8.57. The predicted octanol–water partition coefficient (Wildman–Crippen LogP) is 3.35. The largest absolute Gasteiger partial charge is 0.481 e. The van der Waals surface area contributed by atoms with Crippen molar-refractivity contribution in [3.63, 3.8) is 0 Å². The van der Waals surface area contributed by atoms with Gasteiger partial charge in [-0.05, 0) is 76.9 Å². The predicted molar refractivity (Wildman–Crippen MR) is 93.9 cm³/mol. The second-order valence-corrected chi connectivity index (χ2v) is 6.88. The Kier molecular flexibility index (Phi) is 4.93. The molecule has 3 rings (SSSR count). The van der Waals surface area contributed by atoms with E-state index in [1.54, 1.807) is 0 Å². The number of nitrogens with zero attached hydrogens (tertiary/aromatic N) is 1. The van der Waals surface area contributed by atoms with Crippen LogP contribution in [0, 0.1) is 15.2 Å². The van der Waals surface area contributed by atoms with Crippen molar-refractivity contribution < 1.29 is 18.7 Å². The van der Waals surface area contributed by atoms with E-state index >= 15 is 0 Å². The summed E-state index contributed by atoms with van der Waals surface area (Å²) in [6, 6.07) is 9.22. The van der Waals surface area contributed by atoms with E-state index in [1.807, 2.05) is 18.2 Å². The molecule has 0 saturated heterocycles. The first kappa shape index (κ1) is 17.0. The zero-order valence-corrected chi connectivity index (χ0v) is 14.8. The van der Waals surface area contributed by atoms with Gasteiger partial charge in [0.15, 0.2) is 11.6 Å². The fourth-order valence-corrected chi connectivity index (χ4v) is 3.39. The van der Waals surface area contributed by atoms with Crippen molar-refractivity contribution in [2.24, 2.45) is 4.99 Å². The van der Waals surface area contributed by atoms with Crippen molar-refractivity contribution in [3.05, 3.63) is 67.7 Å². The Morgan fingerprint density at radius 2 is 1.96 bits per heavy atom. The number of halogens is 3. The highest BCUT2D eigenvalue weighted by Crippen LogP contribution is 2.32. The molecule has 2 aromatic rings. The van der Waals surface area contributed by atoms with Gasteiger partial charge in [0, 0.05) is 15.2 Å². The first-order valence-electron chi connectivity index (χ1n) is 7.49. The molecule has 1 aliphatic heterocycles. The van der Waals surface area contributed by atoms with Crippen LogP contribution in [-0.2, 0) is 4.79 Å². The van der Waals surface area contributed by atoms with Crippen LogP contribution in [0.5, 0.6) is 0 Å². The van der Waals surface area contributed by atoms with Crippen LogP contribution in [-0.4, -0.2) is 11.1 Å². The highest BCUT2D eigenvalue weighted by atomic mass is 127. The SMILES string of the molecule is O=C(O)CCCC1=c2cc(I)ccc2=NC1c1ccc(F)c(F)c1. The van der Waals surface area contributed by atoms with E-state index in [-0.39, 0.29) is 6.42 Å². The highest BCUT2D eigenvalue weighted by molar-refractivity contribution is 14.1. The Labute approximate surface area is 150 Å². The number of benzene rings is 2. The van der Waals surface area contributed by atoms with Crippen LogP contribution in [0.2, 0.25) is 0 Å². The van der Waals surface area contributed by atoms with Gasteiger partial charge in [0.2, 0.25) is 0 Å². The van der Waals surface area contributed by atoms with E-state index in [9.17, 15) is 13.6 Å². The summed E-state index contributed by atoms with van der Waals surface area (Å²) in [4.78, 5) is 15.4. The van der Waals surface area contributed by atoms with Crippen LogP contribution < -0.4 is 10.6 Å². The minimum Gasteiger partial charge on any atom is -0.481 e. The van der Waals surface area contributed by atoms with E-state index in [1.165, 1.54) is 6.07 Å². The van der Waals surface area contributed by atoms with Crippen molar-refractivity contribution in [1.29, 1.82) is 0 Å². The molecule has 3 nitrogen and oxygen atoms in total. The number of aliphatic carboxylic acids is 1. The molecular formula is C18H14F2INO2.